The van der Waals surface area contributed by atoms with E-state index in [1.807, 2.05) is 30.3 Å². The number of carbonyl (C=O) groups excluding carboxylic acids is 1. The fourth-order valence-corrected chi connectivity index (χ4v) is 2.91. The third kappa shape index (κ3) is 4.83. The molecule has 1 amide bonds. The van der Waals surface area contributed by atoms with Crippen molar-refractivity contribution in [1.29, 1.82) is 0 Å². The maximum Gasteiger partial charge on any atom is 0.241 e. The normalized spacial score (nSPS) is 21.0. The molecule has 0 unspecified atom stereocenters. The predicted octanol–water partition coefficient (Wildman–Crippen LogP) is 2.07. The van der Waals surface area contributed by atoms with Gasteiger partial charge in [0.05, 0.1) is 0 Å². The van der Waals surface area contributed by atoms with E-state index < -0.39 is 6.04 Å². The maximum atomic E-state index is 12.0. The van der Waals surface area contributed by atoms with Crippen LogP contribution < -0.4 is 11.1 Å². The average molecular weight is 289 g/mol. The van der Waals surface area contributed by atoms with Crippen LogP contribution in [0.1, 0.15) is 44.2 Å². The molecule has 1 aliphatic heterocycles. The Morgan fingerprint density at radius 1 is 1.38 bits per heavy atom. The van der Waals surface area contributed by atoms with Crippen LogP contribution in [0, 0.1) is 0 Å². The van der Waals surface area contributed by atoms with Gasteiger partial charge in [-0.3, -0.25) is 4.79 Å². The van der Waals surface area contributed by atoms with E-state index in [2.05, 4.69) is 17.1 Å². The van der Waals surface area contributed by atoms with E-state index in [-0.39, 0.29) is 5.91 Å². The van der Waals surface area contributed by atoms with E-state index in [1.165, 1.54) is 25.8 Å². The third-order valence-electron chi connectivity index (χ3n) is 4.30. The van der Waals surface area contributed by atoms with Gasteiger partial charge in [-0.2, -0.15) is 0 Å². The lowest BCUT2D eigenvalue weighted by Crippen LogP contribution is -2.40. The molecule has 1 saturated heterocycles. The molecule has 0 aromatic heterocycles. The average Bonchev–Trinajstić information content (AvgIpc) is 2.53. The molecule has 21 heavy (non-hydrogen) atoms. The Balaban J connectivity index is 1.67. The van der Waals surface area contributed by atoms with Crippen LogP contribution >= 0.6 is 0 Å². The van der Waals surface area contributed by atoms with Gasteiger partial charge in [0.25, 0.3) is 0 Å². The highest BCUT2D eigenvalue weighted by Gasteiger charge is 2.18. The Kier molecular flexibility index (Phi) is 6.21. The van der Waals surface area contributed by atoms with Gasteiger partial charge < -0.3 is 16.0 Å². The molecule has 3 N–H and O–H groups in total. The van der Waals surface area contributed by atoms with Crippen LogP contribution in [0.2, 0.25) is 0 Å². The second kappa shape index (κ2) is 8.15. The number of nitrogens with zero attached hydrogens (tertiary/aromatic N) is 1. The van der Waals surface area contributed by atoms with Gasteiger partial charge in [-0.05, 0) is 38.3 Å². The molecule has 2 atom stereocenters. The number of carbonyl (C=O) groups is 1. The van der Waals surface area contributed by atoms with Crippen molar-refractivity contribution in [2.75, 3.05) is 19.6 Å². The minimum atomic E-state index is -0.569. The number of nitrogens with two attached hydrogens (primary N) is 1. The first-order chi connectivity index (χ1) is 10.2. The Morgan fingerprint density at radius 3 is 2.86 bits per heavy atom. The Labute approximate surface area is 127 Å². The third-order valence-corrected chi connectivity index (χ3v) is 4.30. The monoisotopic (exact) mass is 289 g/mol. The van der Waals surface area contributed by atoms with Crippen LogP contribution in [0.3, 0.4) is 0 Å². The fraction of sp³-hybridized carbons (Fsp3) is 0.588. The number of likely N-dealkylation sites (tertiary alicyclic amines) is 1. The standard InChI is InChI=1S/C17H27N3O/c1-14-8-5-6-12-20(14)13-7-11-19-17(21)16(18)15-9-3-2-4-10-15/h2-4,9-10,14,16H,5-8,11-13,18H2,1H3,(H,19,21)/t14-,16+/m0/s1. The highest BCUT2D eigenvalue weighted by molar-refractivity contribution is 5.82. The van der Waals surface area contributed by atoms with Gasteiger partial charge in [-0.1, -0.05) is 36.8 Å². The Morgan fingerprint density at radius 2 is 2.14 bits per heavy atom. The molecule has 116 valence electrons. The molecular formula is C17H27N3O. The lowest BCUT2D eigenvalue weighted by molar-refractivity contribution is -0.122. The molecule has 1 aromatic rings. The molecule has 0 aliphatic carbocycles. The van der Waals surface area contributed by atoms with Gasteiger partial charge in [-0.15, -0.1) is 0 Å². The van der Waals surface area contributed by atoms with E-state index >= 15 is 0 Å². The van der Waals surface area contributed by atoms with Gasteiger partial charge in [0.15, 0.2) is 0 Å². The summed E-state index contributed by atoms with van der Waals surface area (Å²) in [6.45, 7) is 5.24. The van der Waals surface area contributed by atoms with Crippen LogP contribution in [0.15, 0.2) is 30.3 Å². The summed E-state index contributed by atoms with van der Waals surface area (Å²) in [7, 11) is 0. The quantitative estimate of drug-likeness (QED) is 0.788. The first-order valence-corrected chi connectivity index (χ1v) is 8.01. The van der Waals surface area contributed by atoms with Crippen LogP contribution in [0.25, 0.3) is 0 Å². The topological polar surface area (TPSA) is 58.4 Å². The molecule has 0 spiro atoms. The summed E-state index contributed by atoms with van der Waals surface area (Å²) in [5.41, 5.74) is 6.82. The van der Waals surface area contributed by atoms with Crippen LogP contribution in [-0.2, 0) is 4.79 Å². The summed E-state index contributed by atoms with van der Waals surface area (Å²) in [5.74, 6) is -0.0899. The van der Waals surface area contributed by atoms with Crippen LogP contribution in [-0.4, -0.2) is 36.5 Å². The maximum absolute atomic E-state index is 12.0. The molecule has 0 radical (unpaired) electrons. The molecule has 1 aliphatic rings. The van der Waals surface area contributed by atoms with Gasteiger partial charge in [0.1, 0.15) is 6.04 Å². The van der Waals surface area contributed by atoms with Gasteiger partial charge in [0, 0.05) is 19.1 Å². The molecule has 1 heterocycles. The first kappa shape index (κ1) is 16.0. The van der Waals surface area contributed by atoms with Gasteiger partial charge >= 0.3 is 0 Å². The van der Waals surface area contributed by atoms with E-state index in [1.54, 1.807) is 0 Å². The summed E-state index contributed by atoms with van der Waals surface area (Å²) >= 11 is 0. The van der Waals surface area contributed by atoms with Crippen molar-refractivity contribution in [2.45, 2.75) is 44.7 Å². The van der Waals surface area contributed by atoms with E-state index in [4.69, 9.17) is 5.73 Å². The summed E-state index contributed by atoms with van der Waals surface area (Å²) in [4.78, 5) is 14.5. The smallest absolute Gasteiger partial charge is 0.241 e. The molecule has 1 aromatic carbocycles. The van der Waals surface area contributed by atoms with Crippen molar-refractivity contribution in [3.63, 3.8) is 0 Å². The first-order valence-electron chi connectivity index (χ1n) is 8.01. The SMILES string of the molecule is C[C@H]1CCCCN1CCCNC(=O)[C@H](N)c1ccccc1. The molecule has 1 fully saturated rings. The second-order valence-electron chi connectivity index (χ2n) is 5.91. The number of amides is 1. The number of rotatable bonds is 6. The second-order valence-corrected chi connectivity index (χ2v) is 5.91. The Hall–Kier alpha value is -1.39. The number of hydrogen-bond donors (Lipinski definition) is 2. The van der Waals surface area contributed by atoms with Crippen molar-refractivity contribution in [3.05, 3.63) is 35.9 Å². The highest BCUT2D eigenvalue weighted by atomic mass is 16.2. The lowest BCUT2D eigenvalue weighted by atomic mass is 10.0. The fourth-order valence-electron chi connectivity index (χ4n) is 2.91. The van der Waals surface area contributed by atoms with Crippen molar-refractivity contribution < 1.29 is 4.79 Å². The largest absolute Gasteiger partial charge is 0.354 e. The molecule has 2 rings (SSSR count). The number of benzene rings is 1. The summed E-state index contributed by atoms with van der Waals surface area (Å²) in [6, 6.07) is 9.62. The predicted molar refractivity (Wildman–Crippen MR) is 85.9 cm³/mol. The van der Waals surface area contributed by atoms with Crippen molar-refractivity contribution >= 4 is 5.91 Å². The minimum absolute atomic E-state index is 0.0899. The van der Waals surface area contributed by atoms with Gasteiger partial charge in [0.2, 0.25) is 5.91 Å². The lowest BCUT2D eigenvalue weighted by Gasteiger charge is -2.33. The van der Waals surface area contributed by atoms with E-state index in [0.29, 0.717) is 12.6 Å². The number of nitrogens with one attached hydrogen (secondary N) is 1. The summed E-state index contributed by atoms with van der Waals surface area (Å²) in [6.07, 6.45) is 4.93. The van der Waals surface area contributed by atoms with Crippen molar-refractivity contribution in [2.24, 2.45) is 5.73 Å². The van der Waals surface area contributed by atoms with Crippen molar-refractivity contribution in [1.82, 2.24) is 10.2 Å². The zero-order valence-electron chi connectivity index (χ0n) is 12.9. The minimum Gasteiger partial charge on any atom is -0.354 e. The highest BCUT2D eigenvalue weighted by Crippen LogP contribution is 2.16. The number of piperidine rings is 1. The molecule has 0 saturated carbocycles. The van der Waals surface area contributed by atoms with Crippen LogP contribution in [0.5, 0.6) is 0 Å². The summed E-state index contributed by atoms with van der Waals surface area (Å²) < 4.78 is 0. The summed E-state index contributed by atoms with van der Waals surface area (Å²) in [5, 5.41) is 2.94. The zero-order valence-corrected chi connectivity index (χ0v) is 12.9. The Bertz CT molecular complexity index is 435. The molecule has 4 heteroatoms. The zero-order chi connectivity index (χ0) is 15.1. The van der Waals surface area contributed by atoms with Gasteiger partial charge in [-0.25, -0.2) is 0 Å². The van der Waals surface area contributed by atoms with E-state index in [0.717, 1.165) is 18.5 Å². The van der Waals surface area contributed by atoms with Crippen LogP contribution in [0.4, 0.5) is 0 Å². The molecular weight excluding hydrogens is 262 g/mol. The number of hydrogen-bond acceptors (Lipinski definition) is 3. The molecule has 4 nitrogen and oxygen atoms in total. The van der Waals surface area contributed by atoms with E-state index in [9.17, 15) is 4.79 Å². The van der Waals surface area contributed by atoms with Crippen molar-refractivity contribution in [3.8, 4) is 0 Å². The molecule has 0 bridgehead atoms.